The summed E-state index contributed by atoms with van der Waals surface area (Å²) in [5.41, 5.74) is 3.38. The molecule has 0 radical (unpaired) electrons. The highest BCUT2D eigenvalue weighted by atomic mass is 16.1. The zero-order chi connectivity index (χ0) is 16.1. The standard InChI is InChI=1S/C22H17NO/c24-21-18-12-5-8-15-7-4-11-17(19(15)18)20-22(21,13-6-14-23-20)16-9-2-1-3-10-16/h1-5,7-12H,6,13-14H2/t22-/m0/s1. The lowest BCUT2D eigenvalue weighted by molar-refractivity contribution is 0.0919. The monoisotopic (exact) mass is 311 g/mol. The number of hydrogen-bond acceptors (Lipinski definition) is 2. The number of carbonyl (C=O) groups is 1. The van der Waals surface area contributed by atoms with Crippen LogP contribution in [0.3, 0.4) is 0 Å². The van der Waals surface area contributed by atoms with Crippen LogP contribution in [0.4, 0.5) is 0 Å². The summed E-state index contributed by atoms with van der Waals surface area (Å²) in [4.78, 5) is 18.5. The van der Waals surface area contributed by atoms with Crippen molar-refractivity contribution in [2.75, 3.05) is 6.54 Å². The van der Waals surface area contributed by atoms with Gasteiger partial charge in [0.1, 0.15) is 5.41 Å². The van der Waals surface area contributed by atoms with Crippen LogP contribution in [0.25, 0.3) is 10.8 Å². The Kier molecular flexibility index (Phi) is 2.78. The third-order valence-corrected chi connectivity index (χ3v) is 5.44. The van der Waals surface area contributed by atoms with Crippen molar-refractivity contribution in [3.05, 3.63) is 83.4 Å². The average molecular weight is 311 g/mol. The van der Waals surface area contributed by atoms with Gasteiger partial charge in [-0.15, -0.1) is 0 Å². The number of aliphatic imine (C=N–C) groups is 1. The van der Waals surface area contributed by atoms with Gasteiger partial charge in [-0.2, -0.15) is 0 Å². The lowest BCUT2D eigenvalue weighted by atomic mass is 9.61. The second-order valence-corrected chi connectivity index (χ2v) is 6.64. The van der Waals surface area contributed by atoms with Crippen molar-refractivity contribution in [1.82, 2.24) is 0 Å². The molecule has 2 heteroatoms. The molecule has 3 aromatic rings. The molecule has 0 aromatic heterocycles. The fourth-order valence-corrected chi connectivity index (χ4v) is 4.42. The molecule has 0 spiro atoms. The Morgan fingerprint density at radius 1 is 0.833 bits per heavy atom. The molecule has 5 rings (SSSR count). The molecule has 116 valence electrons. The summed E-state index contributed by atoms with van der Waals surface area (Å²) >= 11 is 0. The molecule has 1 atom stereocenters. The van der Waals surface area contributed by atoms with Gasteiger partial charge < -0.3 is 0 Å². The van der Waals surface area contributed by atoms with Crippen molar-refractivity contribution >= 4 is 22.3 Å². The topological polar surface area (TPSA) is 29.4 Å². The Bertz CT molecular complexity index is 998. The lowest BCUT2D eigenvalue weighted by Gasteiger charge is -2.40. The molecule has 0 saturated carbocycles. The largest absolute Gasteiger partial charge is 0.293 e. The van der Waals surface area contributed by atoms with E-state index in [9.17, 15) is 4.79 Å². The third kappa shape index (κ3) is 1.60. The summed E-state index contributed by atoms with van der Waals surface area (Å²) in [6.45, 7) is 0.801. The number of fused-ring (bicyclic) bond motifs is 2. The van der Waals surface area contributed by atoms with Gasteiger partial charge in [-0.25, -0.2) is 0 Å². The van der Waals surface area contributed by atoms with Gasteiger partial charge in [0, 0.05) is 23.1 Å². The Morgan fingerprint density at radius 3 is 2.38 bits per heavy atom. The predicted molar refractivity (Wildman–Crippen MR) is 97.0 cm³/mol. The van der Waals surface area contributed by atoms with Gasteiger partial charge in [-0.3, -0.25) is 9.79 Å². The van der Waals surface area contributed by atoms with E-state index in [1.807, 2.05) is 30.3 Å². The first-order chi connectivity index (χ1) is 11.8. The molecule has 2 aliphatic rings. The zero-order valence-electron chi connectivity index (χ0n) is 13.3. The maximum atomic E-state index is 13.7. The molecule has 1 heterocycles. The molecule has 0 fully saturated rings. The number of ketones is 1. The van der Waals surface area contributed by atoms with Crippen LogP contribution in [0, 0.1) is 0 Å². The first kappa shape index (κ1) is 13.7. The number of nitrogens with zero attached hydrogens (tertiary/aromatic N) is 1. The van der Waals surface area contributed by atoms with Gasteiger partial charge in [0.25, 0.3) is 0 Å². The number of benzene rings is 3. The summed E-state index contributed by atoms with van der Waals surface area (Å²) < 4.78 is 0. The Balaban J connectivity index is 1.92. The van der Waals surface area contributed by atoms with E-state index < -0.39 is 5.41 Å². The Morgan fingerprint density at radius 2 is 1.58 bits per heavy atom. The number of hydrogen-bond donors (Lipinski definition) is 0. The minimum atomic E-state index is -0.623. The van der Waals surface area contributed by atoms with E-state index >= 15 is 0 Å². The van der Waals surface area contributed by atoms with Crippen LogP contribution in [0.2, 0.25) is 0 Å². The normalized spacial score (nSPS) is 22.2. The van der Waals surface area contributed by atoms with Gasteiger partial charge in [0.2, 0.25) is 0 Å². The quantitative estimate of drug-likeness (QED) is 0.648. The van der Waals surface area contributed by atoms with Crippen molar-refractivity contribution in [1.29, 1.82) is 0 Å². The summed E-state index contributed by atoms with van der Waals surface area (Å²) in [5, 5.41) is 2.19. The summed E-state index contributed by atoms with van der Waals surface area (Å²) in [5.74, 6) is 0.205. The van der Waals surface area contributed by atoms with Gasteiger partial charge in [-0.1, -0.05) is 66.7 Å². The van der Waals surface area contributed by atoms with E-state index in [2.05, 4.69) is 36.4 Å². The summed E-state index contributed by atoms with van der Waals surface area (Å²) in [7, 11) is 0. The van der Waals surface area contributed by atoms with E-state index in [-0.39, 0.29) is 5.78 Å². The third-order valence-electron chi connectivity index (χ3n) is 5.44. The van der Waals surface area contributed by atoms with Crippen LogP contribution < -0.4 is 0 Å². The van der Waals surface area contributed by atoms with E-state index in [0.717, 1.165) is 52.6 Å². The van der Waals surface area contributed by atoms with E-state index in [0.29, 0.717) is 0 Å². The van der Waals surface area contributed by atoms with Crippen LogP contribution in [-0.4, -0.2) is 18.0 Å². The minimum Gasteiger partial charge on any atom is -0.293 e. The smallest absolute Gasteiger partial charge is 0.180 e. The molecule has 2 nitrogen and oxygen atoms in total. The van der Waals surface area contributed by atoms with Crippen molar-refractivity contribution in [2.45, 2.75) is 18.3 Å². The molecule has 1 aliphatic heterocycles. The molecular formula is C22H17NO. The maximum Gasteiger partial charge on any atom is 0.180 e. The molecule has 0 N–H and O–H groups in total. The minimum absolute atomic E-state index is 0.205. The maximum absolute atomic E-state index is 13.7. The first-order valence-corrected chi connectivity index (χ1v) is 8.50. The Hall–Kier alpha value is -2.74. The van der Waals surface area contributed by atoms with Gasteiger partial charge in [0.05, 0.1) is 5.71 Å². The molecule has 24 heavy (non-hydrogen) atoms. The van der Waals surface area contributed by atoms with Crippen molar-refractivity contribution in [3.8, 4) is 0 Å². The number of rotatable bonds is 1. The van der Waals surface area contributed by atoms with Crippen LogP contribution >= 0.6 is 0 Å². The fourth-order valence-electron chi connectivity index (χ4n) is 4.42. The van der Waals surface area contributed by atoms with Crippen molar-refractivity contribution in [3.63, 3.8) is 0 Å². The van der Waals surface area contributed by atoms with E-state index in [4.69, 9.17) is 4.99 Å². The summed E-state index contributed by atoms with van der Waals surface area (Å²) in [6, 6.07) is 22.5. The van der Waals surface area contributed by atoms with Crippen LogP contribution in [0.15, 0.2) is 71.7 Å². The Labute approximate surface area is 140 Å². The number of Topliss-reactive ketones (excluding diaryl/α,β-unsaturated/α-hetero) is 1. The van der Waals surface area contributed by atoms with Gasteiger partial charge >= 0.3 is 0 Å². The second-order valence-electron chi connectivity index (χ2n) is 6.64. The lowest BCUT2D eigenvalue weighted by Crippen LogP contribution is -2.48. The zero-order valence-corrected chi connectivity index (χ0v) is 13.3. The molecule has 3 aromatic carbocycles. The second kappa shape index (κ2) is 4.88. The molecule has 1 aliphatic carbocycles. The van der Waals surface area contributed by atoms with E-state index in [1.165, 1.54) is 0 Å². The predicted octanol–water partition coefficient (Wildman–Crippen LogP) is 4.56. The van der Waals surface area contributed by atoms with Crippen molar-refractivity contribution < 1.29 is 4.79 Å². The molecule has 0 amide bonds. The van der Waals surface area contributed by atoms with Crippen LogP contribution in [0.5, 0.6) is 0 Å². The van der Waals surface area contributed by atoms with Crippen LogP contribution in [-0.2, 0) is 5.41 Å². The number of carbonyl (C=O) groups excluding carboxylic acids is 1. The molecule has 0 saturated heterocycles. The fraction of sp³-hybridized carbons (Fsp3) is 0.182. The first-order valence-electron chi connectivity index (χ1n) is 8.50. The van der Waals surface area contributed by atoms with Gasteiger partial charge in [-0.05, 0) is 23.8 Å². The SMILES string of the molecule is O=C1c2cccc3cccc(c23)C2=NCCC[C@@]12c1ccccc1. The van der Waals surface area contributed by atoms with Crippen molar-refractivity contribution in [2.24, 2.45) is 4.99 Å². The van der Waals surface area contributed by atoms with E-state index in [1.54, 1.807) is 0 Å². The summed E-state index contributed by atoms with van der Waals surface area (Å²) in [6.07, 6.45) is 1.78. The highest BCUT2D eigenvalue weighted by Crippen LogP contribution is 2.45. The van der Waals surface area contributed by atoms with Gasteiger partial charge in [0.15, 0.2) is 5.78 Å². The molecule has 0 unspecified atom stereocenters. The highest BCUT2D eigenvalue weighted by Gasteiger charge is 2.50. The highest BCUT2D eigenvalue weighted by molar-refractivity contribution is 6.36. The average Bonchev–Trinajstić information content (AvgIpc) is 2.66. The molecule has 0 bridgehead atoms. The molecular weight excluding hydrogens is 294 g/mol. The van der Waals surface area contributed by atoms with Crippen LogP contribution in [0.1, 0.15) is 34.3 Å².